The van der Waals surface area contributed by atoms with Crippen molar-refractivity contribution in [3.63, 3.8) is 0 Å². The molecule has 0 fully saturated rings. The molecule has 0 aliphatic heterocycles. The summed E-state index contributed by atoms with van der Waals surface area (Å²) in [5, 5.41) is 11.5. The van der Waals surface area contributed by atoms with Crippen LogP contribution in [-0.4, -0.2) is 29.4 Å². The van der Waals surface area contributed by atoms with E-state index in [1.807, 2.05) is 0 Å². The molecule has 17 heavy (non-hydrogen) atoms. The average molecular weight is 240 g/mol. The van der Waals surface area contributed by atoms with Gasteiger partial charge in [-0.3, -0.25) is 14.4 Å². The van der Waals surface area contributed by atoms with E-state index >= 15 is 0 Å². The van der Waals surface area contributed by atoms with Gasteiger partial charge in [0, 0.05) is 13.0 Å². The van der Waals surface area contributed by atoms with Crippen LogP contribution in [0.15, 0.2) is 12.2 Å². The molecule has 1 aliphatic carbocycles. The lowest BCUT2D eigenvalue weighted by molar-refractivity contribution is -0.147. The number of hydrogen-bond acceptors (Lipinski definition) is 3. The summed E-state index contributed by atoms with van der Waals surface area (Å²) in [6, 6.07) is 0. The fourth-order valence-electron chi connectivity index (χ4n) is 1.82. The maximum atomic E-state index is 11.7. The molecule has 0 heterocycles. The summed E-state index contributed by atoms with van der Waals surface area (Å²) in [5.74, 6) is -3.05. The fourth-order valence-corrected chi connectivity index (χ4v) is 1.82. The van der Waals surface area contributed by atoms with E-state index in [0.717, 1.165) is 0 Å². The van der Waals surface area contributed by atoms with Crippen molar-refractivity contribution in [1.29, 1.82) is 0 Å². The van der Waals surface area contributed by atoms with Crippen LogP contribution >= 0.6 is 0 Å². The summed E-state index contributed by atoms with van der Waals surface area (Å²) in [6.45, 7) is 0.153. The lowest BCUT2D eigenvalue weighted by Crippen LogP contribution is -2.39. The van der Waals surface area contributed by atoms with E-state index in [0.29, 0.717) is 12.8 Å². The molecule has 0 radical (unpaired) electrons. The third-order valence-corrected chi connectivity index (χ3v) is 2.76. The molecule has 6 nitrogen and oxygen atoms in total. The number of carbonyl (C=O) groups excluding carboxylic acids is 2. The highest BCUT2D eigenvalue weighted by Crippen LogP contribution is 2.25. The molecule has 0 unspecified atom stereocenters. The molecule has 0 bridgehead atoms. The summed E-state index contributed by atoms with van der Waals surface area (Å²) in [6.07, 6.45) is 4.42. The first-order chi connectivity index (χ1) is 8.02. The molecule has 0 spiro atoms. The van der Waals surface area contributed by atoms with Crippen molar-refractivity contribution in [1.82, 2.24) is 5.32 Å². The molecular formula is C11H16N2O4. The smallest absolute Gasteiger partial charge is 0.307 e. The van der Waals surface area contributed by atoms with E-state index in [-0.39, 0.29) is 18.9 Å². The summed E-state index contributed by atoms with van der Waals surface area (Å²) < 4.78 is 0. The van der Waals surface area contributed by atoms with Crippen molar-refractivity contribution in [2.45, 2.75) is 19.3 Å². The summed E-state index contributed by atoms with van der Waals surface area (Å²) in [7, 11) is 0. The van der Waals surface area contributed by atoms with Gasteiger partial charge < -0.3 is 16.2 Å². The first kappa shape index (κ1) is 13.2. The molecule has 0 aromatic rings. The number of amides is 2. The largest absolute Gasteiger partial charge is 0.481 e. The predicted molar refractivity (Wildman–Crippen MR) is 59.8 cm³/mol. The molecule has 1 rings (SSSR count). The second-order valence-corrected chi connectivity index (χ2v) is 4.00. The highest BCUT2D eigenvalue weighted by atomic mass is 16.4. The molecule has 0 aromatic heterocycles. The quantitative estimate of drug-likeness (QED) is 0.570. The molecule has 0 saturated carbocycles. The molecule has 1 aliphatic rings. The predicted octanol–water partition coefficient (Wildman–Crippen LogP) is -0.355. The number of allylic oxidation sites excluding steroid dienone is 2. The van der Waals surface area contributed by atoms with Crippen LogP contribution in [0.25, 0.3) is 0 Å². The van der Waals surface area contributed by atoms with Crippen molar-refractivity contribution in [2.24, 2.45) is 17.6 Å². The highest BCUT2D eigenvalue weighted by molar-refractivity contribution is 5.85. The average Bonchev–Trinajstić information content (AvgIpc) is 2.28. The Kier molecular flexibility index (Phi) is 4.68. The van der Waals surface area contributed by atoms with E-state index in [4.69, 9.17) is 10.8 Å². The third kappa shape index (κ3) is 3.90. The van der Waals surface area contributed by atoms with Gasteiger partial charge in [-0.05, 0) is 12.8 Å². The van der Waals surface area contributed by atoms with Crippen molar-refractivity contribution >= 4 is 17.8 Å². The van der Waals surface area contributed by atoms with Crippen molar-refractivity contribution in [3.8, 4) is 0 Å². The van der Waals surface area contributed by atoms with Crippen LogP contribution in [0.1, 0.15) is 19.3 Å². The first-order valence-electron chi connectivity index (χ1n) is 5.46. The van der Waals surface area contributed by atoms with Crippen molar-refractivity contribution in [3.05, 3.63) is 12.2 Å². The number of aliphatic carboxylic acids is 1. The molecule has 94 valence electrons. The normalized spacial score (nSPS) is 23.1. The van der Waals surface area contributed by atoms with E-state index in [9.17, 15) is 14.4 Å². The zero-order valence-electron chi connectivity index (χ0n) is 9.39. The minimum Gasteiger partial charge on any atom is -0.481 e. The summed E-state index contributed by atoms with van der Waals surface area (Å²) >= 11 is 0. The van der Waals surface area contributed by atoms with Crippen LogP contribution in [0.2, 0.25) is 0 Å². The zero-order valence-corrected chi connectivity index (χ0v) is 9.39. The van der Waals surface area contributed by atoms with Crippen LogP contribution < -0.4 is 11.1 Å². The standard InChI is InChI=1S/C11H16N2O4/c12-9(14)5-6-13-10(15)7-3-1-2-4-8(7)11(16)17/h1-2,7-8H,3-6H2,(H2,12,14)(H,13,15)(H,16,17)/t7-,8-/m0/s1. The number of rotatable bonds is 5. The first-order valence-corrected chi connectivity index (χ1v) is 5.46. The Morgan fingerprint density at radius 3 is 2.35 bits per heavy atom. The lowest BCUT2D eigenvalue weighted by Gasteiger charge is -2.24. The molecule has 2 amide bonds. The van der Waals surface area contributed by atoms with Gasteiger partial charge >= 0.3 is 5.97 Å². The maximum Gasteiger partial charge on any atom is 0.307 e. The molecule has 4 N–H and O–H groups in total. The Morgan fingerprint density at radius 2 is 1.82 bits per heavy atom. The zero-order chi connectivity index (χ0) is 12.8. The van der Waals surface area contributed by atoms with Gasteiger partial charge in [-0.25, -0.2) is 0 Å². The molecule has 0 aromatic carbocycles. The Balaban J connectivity index is 2.51. The minimum atomic E-state index is -0.968. The highest BCUT2D eigenvalue weighted by Gasteiger charge is 2.33. The Bertz CT molecular complexity index is 351. The summed E-state index contributed by atoms with van der Waals surface area (Å²) in [5.41, 5.74) is 4.94. The Labute approximate surface area is 98.9 Å². The Morgan fingerprint density at radius 1 is 1.24 bits per heavy atom. The van der Waals surface area contributed by atoms with Crippen LogP contribution in [0, 0.1) is 11.8 Å². The van der Waals surface area contributed by atoms with Gasteiger partial charge in [-0.2, -0.15) is 0 Å². The van der Waals surface area contributed by atoms with Gasteiger partial charge in [-0.1, -0.05) is 12.2 Å². The lowest BCUT2D eigenvalue weighted by atomic mass is 9.82. The minimum absolute atomic E-state index is 0.0615. The monoisotopic (exact) mass is 240 g/mol. The second-order valence-electron chi connectivity index (χ2n) is 4.00. The van der Waals surface area contributed by atoms with Crippen LogP contribution in [0.3, 0.4) is 0 Å². The van der Waals surface area contributed by atoms with E-state index in [2.05, 4.69) is 5.32 Å². The molecule has 2 atom stereocenters. The number of hydrogen-bond donors (Lipinski definition) is 3. The SMILES string of the molecule is NC(=O)CCNC(=O)[C@H]1CC=CC[C@@H]1C(=O)O. The molecule has 6 heteroatoms. The van der Waals surface area contributed by atoms with Gasteiger partial charge in [0.1, 0.15) is 0 Å². The van der Waals surface area contributed by atoms with Crippen molar-refractivity contribution < 1.29 is 19.5 Å². The van der Waals surface area contributed by atoms with Gasteiger partial charge in [-0.15, -0.1) is 0 Å². The second kappa shape index (κ2) is 6.03. The van der Waals surface area contributed by atoms with Crippen molar-refractivity contribution in [2.75, 3.05) is 6.54 Å². The van der Waals surface area contributed by atoms with Crippen LogP contribution in [0.4, 0.5) is 0 Å². The fraction of sp³-hybridized carbons (Fsp3) is 0.545. The molecule has 0 saturated heterocycles. The summed E-state index contributed by atoms with van der Waals surface area (Å²) in [4.78, 5) is 33.2. The van der Waals surface area contributed by atoms with Gasteiger partial charge in [0.2, 0.25) is 11.8 Å². The number of carboxylic acids is 1. The topological polar surface area (TPSA) is 109 Å². The van der Waals surface area contributed by atoms with Gasteiger partial charge in [0.25, 0.3) is 0 Å². The number of nitrogens with one attached hydrogen (secondary N) is 1. The van der Waals surface area contributed by atoms with Gasteiger partial charge in [0.15, 0.2) is 0 Å². The Hall–Kier alpha value is -1.85. The van der Waals surface area contributed by atoms with Gasteiger partial charge in [0.05, 0.1) is 11.8 Å². The van der Waals surface area contributed by atoms with E-state index in [1.165, 1.54) is 0 Å². The maximum absolute atomic E-state index is 11.7. The number of carbonyl (C=O) groups is 3. The number of primary amides is 1. The van der Waals surface area contributed by atoms with Crippen LogP contribution in [-0.2, 0) is 14.4 Å². The third-order valence-electron chi connectivity index (χ3n) is 2.76. The number of carboxylic acid groups (broad SMARTS) is 1. The van der Waals surface area contributed by atoms with Crippen LogP contribution in [0.5, 0.6) is 0 Å². The number of nitrogens with two attached hydrogens (primary N) is 1. The van der Waals surface area contributed by atoms with E-state index < -0.39 is 23.7 Å². The van der Waals surface area contributed by atoms with E-state index in [1.54, 1.807) is 12.2 Å². The molecular weight excluding hydrogens is 224 g/mol.